The molecule has 17 heavy (non-hydrogen) atoms. The molecular formula is C13H15BrO3. The first-order valence-electron chi connectivity index (χ1n) is 5.48. The third kappa shape index (κ3) is 1.75. The number of carbonyl (C=O) groups excluding carboxylic acids is 1. The van der Waals surface area contributed by atoms with Gasteiger partial charge in [-0.05, 0) is 35.3 Å². The fourth-order valence-corrected chi connectivity index (χ4v) is 2.94. The molecule has 0 amide bonds. The van der Waals surface area contributed by atoms with E-state index in [9.17, 15) is 9.90 Å². The molecule has 92 valence electrons. The lowest BCUT2D eigenvalue weighted by atomic mass is 9.76. The van der Waals surface area contributed by atoms with Crippen LogP contribution in [0.4, 0.5) is 0 Å². The van der Waals surface area contributed by atoms with E-state index in [2.05, 4.69) is 15.9 Å². The molecule has 1 aliphatic heterocycles. The minimum absolute atomic E-state index is 0.220. The maximum atomic E-state index is 11.6. The monoisotopic (exact) mass is 298 g/mol. The average molecular weight is 299 g/mol. The first-order chi connectivity index (χ1) is 7.75. The normalized spacial score (nSPS) is 17.6. The second-order valence-electron chi connectivity index (χ2n) is 5.15. The maximum Gasteiger partial charge on any atom is 0.312 e. The Morgan fingerprint density at radius 3 is 2.47 bits per heavy atom. The van der Waals surface area contributed by atoms with Gasteiger partial charge in [0.2, 0.25) is 0 Å². The van der Waals surface area contributed by atoms with E-state index in [0.717, 1.165) is 16.7 Å². The number of fused-ring (bicyclic) bond motifs is 1. The van der Waals surface area contributed by atoms with Crippen molar-refractivity contribution < 1.29 is 14.6 Å². The number of carbonyl (C=O) groups is 1. The molecule has 0 saturated heterocycles. The average Bonchev–Trinajstić information content (AvgIpc) is 2.21. The molecule has 1 aromatic rings. The molecule has 0 aliphatic carbocycles. The summed E-state index contributed by atoms with van der Waals surface area (Å²) in [6, 6.07) is 0. The number of hydrogen-bond acceptors (Lipinski definition) is 3. The first kappa shape index (κ1) is 12.4. The molecule has 0 aromatic heterocycles. The van der Waals surface area contributed by atoms with Crippen LogP contribution in [0.15, 0.2) is 4.47 Å². The molecule has 0 saturated carbocycles. The summed E-state index contributed by atoms with van der Waals surface area (Å²) in [5, 5.41) is 10.1. The highest BCUT2D eigenvalue weighted by Crippen LogP contribution is 2.48. The Labute approximate surface area is 109 Å². The van der Waals surface area contributed by atoms with Gasteiger partial charge in [0.1, 0.15) is 11.5 Å². The van der Waals surface area contributed by atoms with E-state index < -0.39 is 0 Å². The lowest BCUT2D eigenvalue weighted by Gasteiger charge is -2.34. The summed E-state index contributed by atoms with van der Waals surface area (Å²) in [5.74, 6) is 0.600. The Balaban J connectivity index is 2.84. The third-order valence-corrected chi connectivity index (χ3v) is 4.28. The van der Waals surface area contributed by atoms with Gasteiger partial charge in [-0.1, -0.05) is 13.8 Å². The predicted octanol–water partition coefficient (Wildman–Crippen LogP) is 3.36. The molecule has 1 aromatic carbocycles. The highest BCUT2D eigenvalue weighted by atomic mass is 79.9. The van der Waals surface area contributed by atoms with E-state index in [0.29, 0.717) is 16.6 Å². The predicted molar refractivity (Wildman–Crippen MR) is 68.6 cm³/mol. The number of benzene rings is 1. The second kappa shape index (κ2) is 3.73. The highest BCUT2D eigenvalue weighted by Gasteiger charge is 2.37. The van der Waals surface area contributed by atoms with Crippen molar-refractivity contribution in [2.24, 2.45) is 0 Å². The molecule has 1 heterocycles. The summed E-state index contributed by atoms with van der Waals surface area (Å²) in [4.78, 5) is 11.6. The van der Waals surface area contributed by atoms with E-state index in [1.165, 1.54) is 0 Å². The summed E-state index contributed by atoms with van der Waals surface area (Å²) < 4.78 is 5.93. The fraction of sp³-hybridized carbons (Fsp3) is 0.462. The van der Waals surface area contributed by atoms with Crippen molar-refractivity contribution in [2.45, 2.75) is 39.5 Å². The second-order valence-corrected chi connectivity index (χ2v) is 5.94. The van der Waals surface area contributed by atoms with Gasteiger partial charge < -0.3 is 9.84 Å². The van der Waals surface area contributed by atoms with Crippen molar-refractivity contribution in [3.05, 3.63) is 21.2 Å². The standard InChI is InChI=1S/C13H15BrO3/c1-6-9-12(7(2)10(14)11(6)16)17-8(15)5-13(9,3)4/h16H,5H2,1-4H3. The number of ether oxygens (including phenoxy) is 1. The number of phenols is 1. The Bertz CT molecular complexity index is 518. The largest absolute Gasteiger partial charge is 0.506 e. The van der Waals surface area contributed by atoms with Crippen molar-refractivity contribution in [3.8, 4) is 11.5 Å². The molecule has 3 nitrogen and oxygen atoms in total. The number of rotatable bonds is 0. The van der Waals surface area contributed by atoms with Gasteiger partial charge in [-0.3, -0.25) is 4.79 Å². The zero-order chi connectivity index (χ0) is 13.0. The Morgan fingerprint density at radius 2 is 1.88 bits per heavy atom. The van der Waals surface area contributed by atoms with Crippen molar-refractivity contribution in [3.63, 3.8) is 0 Å². The van der Waals surface area contributed by atoms with E-state index in [-0.39, 0.29) is 17.1 Å². The molecular weight excluding hydrogens is 284 g/mol. The van der Waals surface area contributed by atoms with Gasteiger partial charge in [-0.15, -0.1) is 0 Å². The first-order valence-corrected chi connectivity index (χ1v) is 6.28. The quantitative estimate of drug-likeness (QED) is 0.590. The molecule has 0 radical (unpaired) electrons. The highest BCUT2D eigenvalue weighted by molar-refractivity contribution is 9.10. The van der Waals surface area contributed by atoms with Crippen LogP contribution in [0.5, 0.6) is 11.5 Å². The molecule has 4 heteroatoms. The SMILES string of the molecule is Cc1c(Br)c(O)c(C)c2c1OC(=O)CC2(C)C. The van der Waals surface area contributed by atoms with Crippen LogP contribution in [0.3, 0.4) is 0 Å². The topological polar surface area (TPSA) is 46.5 Å². The third-order valence-electron chi connectivity index (χ3n) is 3.31. The van der Waals surface area contributed by atoms with E-state index in [1.807, 2.05) is 27.7 Å². The zero-order valence-corrected chi connectivity index (χ0v) is 11.9. The van der Waals surface area contributed by atoms with Crippen LogP contribution >= 0.6 is 15.9 Å². The van der Waals surface area contributed by atoms with Crippen molar-refractivity contribution in [1.82, 2.24) is 0 Å². The number of esters is 1. The fourth-order valence-electron chi connectivity index (χ4n) is 2.46. The molecule has 0 unspecified atom stereocenters. The lowest BCUT2D eigenvalue weighted by Crippen LogP contribution is -2.32. The van der Waals surface area contributed by atoms with Gasteiger partial charge in [-0.25, -0.2) is 0 Å². The summed E-state index contributed by atoms with van der Waals surface area (Å²) in [5.41, 5.74) is 2.16. The molecule has 0 atom stereocenters. The van der Waals surface area contributed by atoms with Gasteiger partial charge in [0.15, 0.2) is 0 Å². The summed E-state index contributed by atoms with van der Waals surface area (Å²) in [7, 11) is 0. The van der Waals surface area contributed by atoms with Gasteiger partial charge in [0, 0.05) is 16.5 Å². The Kier molecular flexibility index (Phi) is 2.73. The molecule has 1 aliphatic rings. The molecule has 0 fully saturated rings. The Morgan fingerprint density at radius 1 is 1.29 bits per heavy atom. The number of halogens is 1. The number of aromatic hydroxyl groups is 1. The van der Waals surface area contributed by atoms with Crippen LogP contribution in [0.2, 0.25) is 0 Å². The van der Waals surface area contributed by atoms with Crippen molar-refractivity contribution >= 4 is 21.9 Å². The Hall–Kier alpha value is -1.03. The summed E-state index contributed by atoms with van der Waals surface area (Å²) in [6.45, 7) is 7.66. The van der Waals surface area contributed by atoms with Crippen LogP contribution in [0.25, 0.3) is 0 Å². The van der Waals surface area contributed by atoms with Crippen LogP contribution in [-0.4, -0.2) is 11.1 Å². The van der Waals surface area contributed by atoms with Gasteiger partial charge in [-0.2, -0.15) is 0 Å². The number of phenolic OH excluding ortho intramolecular Hbond substituents is 1. The molecule has 1 N–H and O–H groups in total. The minimum atomic E-state index is -0.308. The van der Waals surface area contributed by atoms with Crippen LogP contribution in [0.1, 0.15) is 37.0 Å². The van der Waals surface area contributed by atoms with E-state index >= 15 is 0 Å². The van der Waals surface area contributed by atoms with E-state index in [4.69, 9.17) is 4.74 Å². The van der Waals surface area contributed by atoms with Crippen molar-refractivity contribution in [1.29, 1.82) is 0 Å². The van der Waals surface area contributed by atoms with Crippen LogP contribution in [0, 0.1) is 13.8 Å². The smallest absolute Gasteiger partial charge is 0.312 e. The number of hydrogen-bond donors (Lipinski definition) is 1. The molecule has 0 spiro atoms. The maximum absolute atomic E-state index is 11.6. The zero-order valence-electron chi connectivity index (χ0n) is 10.3. The van der Waals surface area contributed by atoms with Gasteiger partial charge >= 0.3 is 5.97 Å². The van der Waals surface area contributed by atoms with Crippen LogP contribution in [-0.2, 0) is 10.2 Å². The minimum Gasteiger partial charge on any atom is -0.506 e. The lowest BCUT2D eigenvalue weighted by molar-refractivity contribution is -0.137. The van der Waals surface area contributed by atoms with E-state index in [1.54, 1.807) is 0 Å². The van der Waals surface area contributed by atoms with Gasteiger partial charge in [0.05, 0.1) is 10.9 Å². The molecule has 2 rings (SSSR count). The molecule has 0 bridgehead atoms. The van der Waals surface area contributed by atoms with Crippen LogP contribution < -0.4 is 4.74 Å². The van der Waals surface area contributed by atoms with Gasteiger partial charge in [0.25, 0.3) is 0 Å². The summed E-state index contributed by atoms with van der Waals surface area (Å²) in [6.07, 6.45) is 0.335. The summed E-state index contributed by atoms with van der Waals surface area (Å²) >= 11 is 3.33. The van der Waals surface area contributed by atoms with Crippen molar-refractivity contribution in [2.75, 3.05) is 0 Å².